The van der Waals surface area contributed by atoms with Gasteiger partial charge in [-0.2, -0.15) is 0 Å². The number of hydrogen-bond acceptors (Lipinski definition) is 2. The number of anilines is 1. The first-order valence-corrected chi connectivity index (χ1v) is 6.75. The van der Waals surface area contributed by atoms with Crippen LogP contribution in [0.4, 0.5) is 10.5 Å². The molecule has 2 amide bonds. The number of carbonyl (C=O) groups excluding carboxylic acids is 1. The van der Waals surface area contributed by atoms with E-state index < -0.39 is 5.97 Å². The van der Waals surface area contributed by atoms with E-state index in [2.05, 4.69) is 10.6 Å². The van der Waals surface area contributed by atoms with Gasteiger partial charge in [0.05, 0.1) is 0 Å². The Hall–Kier alpha value is -2.04. The summed E-state index contributed by atoms with van der Waals surface area (Å²) >= 11 is 0. The molecule has 0 bridgehead atoms. The zero-order chi connectivity index (χ0) is 15.1. The molecule has 1 rings (SSSR count). The Bertz CT molecular complexity index is 466. The molecule has 0 aliphatic heterocycles. The molecule has 1 atom stereocenters. The summed E-state index contributed by atoms with van der Waals surface area (Å²) < 4.78 is 0. The number of nitrogens with one attached hydrogen (secondary N) is 2. The monoisotopic (exact) mass is 278 g/mol. The van der Waals surface area contributed by atoms with Crippen LogP contribution >= 0.6 is 0 Å². The van der Waals surface area contributed by atoms with Crippen molar-refractivity contribution in [2.24, 2.45) is 5.92 Å². The highest BCUT2D eigenvalue weighted by molar-refractivity contribution is 5.89. The maximum absolute atomic E-state index is 11.8. The van der Waals surface area contributed by atoms with Gasteiger partial charge in [0.15, 0.2) is 0 Å². The van der Waals surface area contributed by atoms with Crippen molar-refractivity contribution in [1.29, 1.82) is 0 Å². The Morgan fingerprint density at radius 1 is 1.20 bits per heavy atom. The van der Waals surface area contributed by atoms with Crippen LogP contribution in [0.2, 0.25) is 0 Å². The van der Waals surface area contributed by atoms with E-state index in [1.165, 1.54) is 0 Å². The van der Waals surface area contributed by atoms with Gasteiger partial charge in [0.2, 0.25) is 0 Å². The third-order valence-corrected chi connectivity index (χ3v) is 3.07. The van der Waals surface area contributed by atoms with Gasteiger partial charge in [-0.25, -0.2) is 4.79 Å². The fourth-order valence-electron chi connectivity index (χ4n) is 2.07. The molecule has 0 aliphatic carbocycles. The van der Waals surface area contributed by atoms with Crippen LogP contribution in [0.5, 0.6) is 0 Å². The van der Waals surface area contributed by atoms with E-state index in [4.69, 9.17) is 5.11 Å². The van der Waals surface area contributed by atoms with Gasteiger partial charge in [0, 0.05) is 18.7 Å². The second-order valence-electron chi connectivity index (χ2n) is 5.08. The molecule has 5 heteroatoms. The molecule has 1 aromatic rings. The lowest BCUT2D eigenvalue weighted by atomic mass is 10.0. The summed E-state index contributed by atoms with van der Waals surface area (Å²) in [6.07, 6.45) is 0.788. The Morgan fingerprint density at radius 2 is 1.80 bits per heavy atom. The van der Waals surface area contributed by atoms with E-state index in [9.17, 15) is 9.59 Å². The third-order valence-electron chi connectivity index (χ3n) is 3.07. The first-order chi connectivity index (χ1) is 9.40. The molecule has 0 fully saturated rings. The highest BCUT2D eigenvalue weighted by Gasteiger charge is 2.12. The summed E-state index contributed by atoms with van der Waals surface area (Å²) in [4.78, 5) is 22.4. The number of rotatable bonds is 6. The van der Waals surface area contributed by atoms with Gasteiger partial charge in [-0.3, -0.25) is 4.79 Å². The van der Waals surface area contributed by atoms with E-state index in [1.54, 1.807) is 0 Å². The minimum atomic E-state index is -0.839. The number of carboxylic acids is 1. The molecule has 0 spiro atoms. The second-order valence-corrected chi connectivity index (χ2v) is 5.08. The normalized spacial score (nSPS) is 11.8. The summed E-state index contributed by atoms with van der Waals surface area (Å²) in [5, 5.41) is 14.2. The Kier molecular flexibility index (Phi) is 6.03. The molecule has 0 saturated carbocycles. The van der Waals surface area contributed by atoms with Gasteiger partial charge < -0.3 is 15.7 Å². The maximum atomic E-state index is 11.8. The number of amides is 2. The Labute approximate surface area is 119 Å². The minimum Gasteiger partial charge on any atom is -0.481 e. The number of carbonyl (C=O) groups is 2. The number of aliphatic carboxylic acids is 1. The van der Waals surface area contributed by atoms with Crippen LogP contribution in [0.3, 0.4) is 0 Å². The van der Waals surface area contributed by atoms with Crippen LogP contribution in [0.25, 0.3) is 0 Å². The maximum Gasteiger partial charge on any atom is 0.319 e. The van der Waals surface area contributed by atoms with E-state index in [1.807, 2.05) is 39.0 Å². The lowest BCUT2D eigenvalue weighted by Gasteiger charge is -2.14. The topological polar surface area (TPSA) is 78.4 Å². The van der Waals surface area contributed by atoms with E-state index >= 15 is 0 Å². The molecule has 1 aromatic carbocycles. The lowest BCUT2D eigenvalue weighted by Crippen LogP contribution is -2.33. The largest absolute Gasteiger partial charge is 0.481 e. The van der Waals surface area contributed by atoms with E-state index in [-0.39, 0.29) is 18.4 Å². The molecule has 1 unspecified atom stereocenters. The summed E-state index contributed by atoms with van der Waals surface area (Å²) in [6, 6.07) is 5.50. The van der Waals surface area contributed by atoms with Crippen molar-refractivity contribution >= 4 is 17.7 Å². The first-order valence-electron chi connectivity index (χ1n) is 6.75. The molecule has 0 saturated heterocycles. The quantitative estimate of drug-likeness (QED) is 0.748. The predicted molar refractivity (Wildman–Crippen MR) is 79.0 cm³/mol. The Balaban J connectivity index is 2.48. The number of benzene rings is 1. The molecule has 20 heavy (non-hydrogen) atoms. The smallest absolute Gasteiger partial charge is 0.319 e. The SMILES string of the molecule is CCC(CNC(=O)Nc1cc(C)cc(C)c1)CC(=O)O. The molecule has 5 nitrogen and oxygen atoms in total. The van der Waals surface area contributed by atoms with Crippen LogP contribution in [-0.2, 0) is 4.79 Å². The summed E-state index contributed by atoms with van der Waals surface area (Å²) in [5.41, 5.74) is 2.90. The molecular formula is C15H22N2O3. The van der Waals surface area contributed by atoms with E-state index in [0.717, 1.165) is 23.2 Å². The zero-order valence-corrected chi connectivity index (χ0v) is 12.2. The number of hydrogen-bond donors (Lipinski definition) is 3. The van der Waals surface area contributed by atoms with Crippen molar-refractivity contribution in [1.82, 2.24) is 5.32 Å². The van der Waals surface area contributed by atoms with Gasteiger partial charge in [-0.15, -0.1) is 0 Å². The molecule has 0 radical (unpaired) electrons. The van der Waals surface area contributed by atoms with Crippen molar-refractivity contribution in [2.45, 2.75) is 33.6 Å². The van der Waals surface area contributed by atoms with Crippen LogP contribution in [0.1, 0.15) is 30.9 Å². The van der Waals surface area contributed by atoms with Gasteiger partial charge >= 0.3 is 12.0 Å². The number of urea groups is 1. The van der Waals surface area contributed by atoms with Gasteiger partial charge in [0.25, 0.3) is 0 Å². The number of carboxylic acid groups (broad SMARTS) is 1. The minimum absolute atomic E-state index is 0.0440. The molecule has 110 valence electrons. The molecular weight excluding hydrogens is 256 g/mol. The highest BCUT2D eigenvalue weighted by Crippen LogP contribution is 2.13. The van der Waals surface area contributed by atoms with Gasteiger partial charge in [-0.05, 0) is 43.0 Å². The zero-order valence-electron chi connectivity index (χ0n) is 12.2. The first kappa shape index (κ1) is 16.0. The summed E-state index contributed by atoms with van der Waals surface area (Å²) in [5.74, 6) is -0.883. The molecule has 3 N–H and O–H groups in total. The van der Waals surface area contributed by atoms with Gasteiger partial charge in [-0.1, -0.05) is 19.4 Å². The average molecular weight is 278 g/mol. The third kappa shape index (κ3) is 5.73. The van der Waals surface area contributed by atoms with Crippen molar-refractivity contribution in [3.05, 3.63) is 29.3 Å². The predicted octanol–water partition coefficient (Wildman–Crippen LogP) is 2.93. The second kappa shape index (κ2) is 7.53. The van der Waals surface area contributed by atoms with E-state index in [0.29, 0.717) is 6.54 Å². The Morgan fingerprint density at radius 3 is 2.30 bits per heavy atom. The highest BCUT2D eigenvalue weighted by atomic mass is 16.4. The fraction of sp³-hybridized carbons (Fsp3) is 0.467. The summed E-state index contributed by atoms with van der Waals surface area (Å²) in [7, 11) is 0. The van der Waals surface area contributed by atoms with Gasteiger partial charge in [0.1, 0.15) is 0 Å². The standard InChI is InChI=1S/C15H22N2O3/c1-4-12(8-14(18)19)9-16-15(20)17-13-6-10(2)5-11(3)7-13/h5-7,12H,4,8-9H2,1-3H3,(H,18,19)(H2,16,17,20). The van der Waals surface area contributed by atoms with Crippen LogP contribution in [0, 0.1) is 19.8 Å². The number of aryl methyl sites for hydroxylation is 2. The van der Waals surface area contributed by atoms with Crippen molar-refractivity contribution in [3.63, 3.8) is 0 Å². The summed E-state index contributed by atoms with van der Waals surface area (Å²) in [6.45, 7) is 6.21. The van der Waals surface area contributed by atoms with Crippen molar-refractivity contribution < 1.29 is 14.7 Å². The fourth-order valence-corrected chi connectivity index (χ4v) is 2.07. The molecule has 0 heterocycles. The lowest BCUT2D eigenvalue weighted by molar-refractivity contribution is -0.138. The van der Waals surface area contributed by atoms with Crippen LogP contribution < -0.4 is 10.6 Å². The van der Waals surface area contributed by atoms with Crippen molar-refractivity contribution in [3.8, 4) is 0 Å². The average Bonchev–Trinajstić information content (AvgIpc) is 2.32. The van der Waals surface area contributed by atoms with Crippen LogP contribution in [-0.4, -0.2) is 23.7 Å². The molecule has 0 aromatic heterocycles. The van der Waals surface area contributed by atoms with Crippen molar-refractivity contribution in [2.75, 3.05) is 11.9 Å². The molecule has 0 aliphatic rings. The van der Waals surface area contributed by atoms with Crippen LogP contribution in [0.15, 0.2) is 18.2 Å².